The van der Waals surface area contributed by atoms with Crippen LogP contribution in [0, 0.1) is 11.8 Å². The molecule has 0 atom stereocenters. The quantitative estimate of drug-likeness (QED) is 0.0618. The van der Waals surface area contributed by atoms with Gasteiger partial charge in [-0.05, 0) is 37.5 Å². The first-order valence-electron chi connectivity index (χ1n) is 17.9. The van der Waals surface area contributed by atoms with Crippen LogP contribution in [0.15, 0.2) is 0 Å². The lowest BCUT2D eigenvalue weighted by Crippen LogP contribution is -2.12. The summed E-state index contributed by atoms with van der Waals surface area (Å²) in [6, 6.07) is 0. The second kappa shape index (κ2) is 30.9. The Morgan fingerprint density at radius 1 is 0.400 bits per heavy atom. The van der Waals surface area contributed by atoms with Crippen molar-refractivity contribution < 1.29 is 19.1 Å². The predicted molar refractivity (Wildman–Crippen MR) is 172 cm³/mol. The van der Waals surface area contributed by atoms with E-state index in [1.54, 1.807) is 0 Å². The van der Waals surface area contributed by atoms with Gasteiger partial charge in [0.05, 0.1) is 13.2 Å². The average molecular weight is 567 g/mol. The van der Waals surface area contributed by atoms with E-state index in [2.05, 4.69) is 27.7 Å². The number of esters is 2. The number of carbonyl (C=O) groups is 2. The first-order valence-corrected chi connectivity index (χ1v) is 17.9. The molecule has 0 radical (unpaired) electrons. The fourth-order valence-electron chi connectivity index (χ4n) is 5.67. The van der Waals surface area contributed by atoms with Gasteiger partial charge in [-0.1, -0.05) is 156 Å². The number of hydrogen-bond donors (Lipinski definition) is 0. The highest BCUT2D eigenvalue weighted by Crippen LogP contribution is 2.23. The van der Waals surface area contributed by atoms with Crippen molar-refractivity contribution in [2.45, 2.75) is 195 Å². The summed E-state index contributed by atoms with van der Waals surface area (Å²) in [5.41, 5.74) is 0. The van der Waals surface area contributed by atoms with Crippen molar-refractivity contribution in [2.75, 3.05) is 13.2 Å². The maximum atomic E-state index is 12.2. The lowest BCUT2D eigenvalue weighted by Gasteiger charge is -2.17. The van der Waals surface area contributed by atoms with E-state index < -0.39 is 0 Å². The minimum absolute atomic E-state index is 0.113. The van der Waals surface area contributed by atoms with Gasteiger partial charge in [0, 0.05) is 12.8 Å². The predicted octanol–water partition coefficient (Wildman–Crippen LogP) is 11.5. The van der Waals surface area contributed by atoms with Crippen LogP contribution >= 0.6 is 0 Å². The molecule has 0 spiro atoms. The lowest BCUT2D eigenvalue weighted by atomic mass is 9.92. The molecule has 4 heteroatoms. The van der Waals surface area contributed by atoms with E-state index in [0.29, 0.717) is 50.7 Å². The van der Waals surface area contributed by atoms with Gasteiger partial charge >= 0.3 is 11.9 Å². The Bertz CT molecular complexity index is 475. The summed E-state index contributed by atoms with van der Waals surface area (Å²) >= 11 is 0. The summed E-state index contributed by atoms with van der Waals surface area (Å²) in [6.07, 6.45) is 30.1. The minimum Gasteiger partial charge on any atom is -0.466 e. The van der Waals surface area contributed by atoms with Crippen LogP contribution in [-0.2, 0) is 19.1 Å². The summed E-state index contributed by atoms with van der Waals surface area (Å²) < 4.78 is 11.1. The van der Waals surface area contributed by atoms with E-state index in [-0.39, 0.29) is 11.9 Å². The zero-order chi connectivity index (χ0) is 29.5. The van der Waals surface area contributed by atoms with Gasteiger partial charge in [0.25, 0.3) is 0 Å². The number of hydrogen-bond acceptors (Lipinski definition) is 4. The Hall–Kier alpha value is -1.06. The number of carbonyl (C=O) groups excluding carboxylic acids is 2. The van der Waals surface area contributed by atoms with Crippen LogP contribution in [0.3, 0.4) is 0 Å². The van der Waals surface area contributed by atoms with Gasteiger partial charge in [0.1, 0.15) is 0 Å². The van der Waals surface area contributed by atoms with E-state index in [9.17, 15) is 9.59 Å². The summed E-state index contributed by atoms with van der Waals surface area (Å²) in [6.45, 7) is 10.1. The van der Waals surface area contributed by atoms with Gasteiger partial charge in [-0.15, -0.1) is 0 Å². The van der Waals surface area contributed by atoms with Crippen LogP contribution in [0.5, 0.6) is 0 Å². The van der Waals surface area contributed by atoms with Crippen LogP contribution in [0.25, 0.3) is 0 Å². The van der Waals surface area contributed by atoms with Gasteiger partial charge in [-0.25, -0.2) is 0 Å². The third-order valence-electron chi connectivity index (χ3n) is 8.45. The molecule has 0 aliphatic carbocycles. The number of ether oxygens (including phenoxy) is 2. The number of unbranched alkanes of at least 4 members (excludes halogenated alkanes) is 13. The molecule has 0 fully saturated rings. The van der Waals surface area contributed by atoms with Crippen molar-refractivity contribution in [2.24, 2.45) is 11.8 Å². The van der Waals surface area contributed by atoms with Crippen molar-refractivity contribution in [1.82, 2.24) is 0 Å². The molecule has 0 heterocycles. The van der Waals surface area contributed by atoms with Crippen molar-refractivity contribution in [1.29, 1.82) is 0 Å². The Balaban J connectivity index is 4.06. The van der Waals surface area contributed by atoms with Crippen molar-refractivity contribution in [3.63, 3.8) is 0 Å². The van der Waals surface area contributed by atoms with Crippen molar-refractivity contribution in [3.8, 4) is 0 Å². The Kier molecular flexibility index (Phi) is 30.1. The van der Waals surface area contributed by atoms with E-state index >= 15 is 0 Å². The standard InChI is InChI=1S/C36H70O4/c1-5-9-13-17-23-33(24-18-14-10-6-2)29-31-39-35(37)27-21-22-28-36(38)40-32-30-34(25-19-15-11-7-3)26-20-16-12-8-4/h33-34H,5-32H2,1-4H3. The number of rotatable bonds is 31. The minimum atomic E-state index is -0.113. The zero-order valence-electron chi connectivity index (χ0n) is 27.6. The van der Waals surface area contributed by atoms with E-state index in [0.717, 1.165) is 12.8 Å². The molecule has 4 nitrogen and oxygen atoms in total. The smallest absolute Gasteiger partial charge is 0.305 e. The normalized spacial score (nSPS) is 11.4. The van der Waals surface area contributed by atoms with Crippen molar-refractivity contribution in [3.05, 3.63) is 0 Å². The molecule has 0 aliphatic rings. The molecule has 0 N–H and O–H groups in total. The molecule has 0 rings (SSSR count). The molecule has 238 valence electrons. The molecule has 0 unspecified atom stereocenters. The van der Waals surface area contributed by atoms with E-state index in [1.165, 1.54) is 128 Å². The van der Waals surface area contributed by atoms with Gasteiger partial charge in [0.2, 0.25) is 0 Å². The maximum absolute atomic E-state index is 12.2. The Morgan fingerprint density at radius 3 is 0.975 bits per heavy atom. The Morgan fingerprint density at radius 2 is 0.700 bits per heavy atom. The second-order valence-corrected chi connectivity index (χ2v) is 12.4. The zero-order valence-corrected chi connectivity index (χ0v) is 27.6. The fourth-order valence-corrected chi connectivity index (χ4v) is 5.67. The molecule has 40 heavy (non-hydrogen) atoms. The van der Waals surface area contributed by atoms with E-state index in [4.69, 9.17) is 9.47 Å². The molecule has 0 saturated heterocycles. The highest BCUT2D eigenvalue weighted by Gasteiger charge is 2.13. The lowest BCUT2D eigenvalue weighted by molar-refractivity contribution is -0.146. The molecule has 0 aromatic heterocycles. The molecule has 0 saturated carbocycles. The van der Waals surface area contributed by atoms with Gasteiger partial charge < -0.3 is 9.47 Å². The molecular weight excluding hydrogens is 496 g/mol. The van der Waals surface area contributed by atoms with Gasteiger partial charge in [0.15, 0.2) is 0 Å². The average Bonchev–Trinajstić information content (AvgIpc) is 2.95. The highest BCUT2D eigenvalue weighted by atomic mass is 16.5. The summed E-state index contributed by atoms with van der Waals surface area (Å²) in [7, 11) is 0. The van der Waals surface area contributed by atoms with Crippen LogP contribution in [-0.4, -0.2) is 25.2 Å². The third-order valence-corrected chi connectivity index (χ3v) is 8.45. The monoisotopic (exact) mass is 567 g/mol. The molecule has 0 aliphatic heterocycles. The second-order valence-electron chi connectivity index (χ2n) is 12.4. The van der Waals surface area contributed by atoms with E-state index in [1.807, 2.05) is 0 Å². The SMILES string of the molecule is CCCCCCC(CCCCCC)CCOC(=O)CCCCC(=O)OCCC(CCCCCC)CCCCCC. The molecule has 0 bridgehead atoms. The van der Waals surface area contributed by atoms with Crippen LogP contribution in [0.1, 0.15) is 195 Å². The summed E-state index contributed by atoms with van der Waals surface area (Å²) in [4.78, 5) is 24.5. The van der Waals surface area contributed by atoms with Crippen LogP contribution < -0.4 is 0 Å². The summed E-state index contributed by atoms with van der Waals surface area (Å²) in [5, 5.41) is 0. The first kappa shape index (κ1) is 38.9. The topological polar surface area (TPSA) is 52.6 Å². The van der Waals surface area contributed by atoms with Gasteiger partial charge in [-0.2, -0.15) is 0 Å². The Labute approximate surface area is 250 Å². The summed E-state index contributed by atoms with van der Waals surface area (Å²) in [5.74, 6) is 1.14. The molecular formula is C36H70O4. The van der Waals surface area contributed by atoms with Crippen LogP contribution in [0.4, 0.5) is 0 Å². The fraction of sp³-hybridized carbons (Fsp3) is 0.944. The van der Waals surface area contributed by atoms with Gasteiger partial charge in [-0.3, -0.25) is 9.59 Å². The third kappa shape index (κ3) is 27.1. The molecule has 0 amide bonds. The largest absolute Gasteiger partial charge is 0.466 e. The maximum Gasteiger partial charge on any atom is 0.305 e. The van der Waals surface area contributed by atoms with Crippen molar-refractivity contribution >= 4 is 11.9 Å². The van der Waals surface area contributed by atoms with Crippen LogP contribution in [0.2, 0.25) is 0 Å². The molecule has 0 aromatic rings. The first-order chi connectivity index (χ1) is 19.6. The highest BCUT2D eigenvalue weighted by molar-refractivity contribution is 5.70. The molecule has 0 aromatic carbocycles.